The van der Waals surface area contributed by atoms with Crippen LogP contribution in [0.3, 0.4) is 0 Å². The number of carbonyl (C=O) groups is 1. The third-order valence-corrected chi connectivity index (χ3v) is 5.27. The van der Waals surface area contributed by atoms with Crippen molar-refractivity contribution in [2.45, 2.75) is 32.4 Å². The van der Waals surface area contributed by atoms with Gasteiger partial charge in [-0.05, 0) is 30.7 Å². The normalized spacial score (nSPS) is 14.6. The van der Waals surface area contributed by atoms with Crippen LogP contribution in [0, 0.1) is 0 Å². The number of nitrogens with two attached hydrogens (primary N) is 1. The van der Waals surface area contributed by atoms with Crippen molar-refractivity contribution in [3.8, 4) is 0 Å². The predicted molar refractivity (Wildman–Crippen MR) is 102 cm³/mol. The van der Waals surface area contributed by atoms with Gasteiger partial charge in [0.15, 0.2) is 5.65 Å². The molecule has 2 N–H and O–H groups in total. The van der Waals surface area contributed by atoms with Crippen molar-refractivity contribution in [3.05, 3.63) is 58.5 Å². The van der Waals surface area contributed by atoms with E-state index in [9.17, 15) is 18.0 Å². The minimum absolute atomic E-state index is 0.324. The van der Waals surface area contributed by atoms with Gasteiger partial charge in [-0.1, -0.05) is 0 Å². The number of fused-ring (bicyclic) bond motifs is 3. The summed E-state index contributed by atoms with van der Waals surface area (Å²) >= 11 is 0. The van der Waals surface area contributed by atoms with Crippen molar-refractivity contribution in [1.29, 1.82) is 0 Å². The summed E-state index contributed by atoms with van der Waals surface area (Å²) in [5, 5.41) is 0.691. The van der Waals surface area contributed by atoms with E-state index >= 15 is 0 Å². The van der Waals surface area contributed by atoms with Crippen molar-refractivity contribution in [2.24, 2.45) is 0 Å². The lowest BCUT2D eigenvalue weighted by Gasteiger charge is -2.25. The summed E-state index contributed by atoms with van der Waals surface area (Å²) in [6.45, 7) is 2.41. The molecule has 0 aromatic carbocycles. The Balaban J connectivity index is 1.62. The molecule has 0 saturated carbocycles. The van der Waals surface area contributed by atoms with E-state index in [1.165, 1.54) is 17.2 Å². The molecule has 3 aromatic heterocycles. The lowest BCUT2D eigenvalue weighted by atomic mass is 10.0. The number of nitrogens with zero attached hydrogens (tertiary/aromatic N) is 4. The van der Waals surface area contributed by atoms with Gasteiger partial charge >= 0.3 is 6.18 Å². The topological polar surface area (TPSA) is 94.2 Å². The zero-order valence-electron chi connectivity index (χ0n) is 16.2. The lowest BCUT2D eigenvalue weighted by molar-refractivity contribution is -0.137. The first-order valence-corrected chi connectivity index (χ1v) is 9.12. The van der Waals surface area contributed by atoms with E-state index in [4.69, 9.17) is 10.5 Å². The number of halogens is 3. The smallest absolute Gasteiger partial charge is 0.383 e. The van der Waals surface area contributed by atoms with E-state index in [0.29, 0.717) is 41.3 Å². The van der Waals surface area contributed by atoms with Crippen molar-refractivity contribution in [2.75, 3.05) is 12.8 Å². The van der Waals surface area contributed by atoms with Crippen molar-refractivity contribution < 1.29 is 22.7 Å². The van der Waals surface area contributed by atoms with Crippen LogP contribution in [0.4, 0.5) is 19.0 Å². The van der Waals surface area contributed by atoms with Gasteiger partial charge in [0.1, 0.15) is 5.82 Å². The molecule has 30 heavy (non-hydrogen) atoms. The number of nitrogen functional groups attached to an aromatic ring is 1. The van der Waals surface area contributed by atoms with Gasteiger partial charge in [0.05, 0.1) is 36.1 Å². The van der Waals surface area contributed by atoms with Gasteiger partial charge in [-0.2, -0.15) is 13.2 Å². The maximum absolute atomic E-state index is 13.0. The standard InChI is InChI=1S/C20H18F3N5O2/c1-10(16-4-3-12(7-25-16)20(21,22)23)28(2)19(29)11-5-13-14-8-30-9-15(14)17(24)27-18(13)26-6-11/h3-7,10H,8-9H2,1-2H3,(H2,24,26,27)/t10-/m0/s1. The molecule has 1 aliphatic heterocycles. The van der Waals surface area contributed by atoms with Gasteiger partial charge in [0.2, 0.25) is 0 Å². The number of ether oxygens (including phenoxy) is 1. The molecule has 0 saturated heterocycles. The van der Waals surface area contributed by atoms with E-state index in [2.05, 4.69) is 15.0 Å². The first-order chi connectivity index (χ1) is 14.2. The van der Waals surface area contributed by atoms with Crippen molar-refractivity contribution in [3.63, 3.8) is 0 Å². The average Bonchev–Trinajstić information content (AvgIpc) is 3.22. The first kappa shape index (κ1) is 20.0. The quantitative estimate of drug-likeness (QED) is 0.701. The van der Waals surface area contributed by atoms with E-state index in [-0.39, 0.29) is 5.91 Å². The average molecular weight is 417 g/mol. The Hall–Kier alpha value is -3.27. The third kappa shape index (κ3) is 3.43. The Bertz CT molecular complexity index is 1130. The second-order valence-corrected chi connectivity index (χ2v) is 7.10. The van der Waals surface area contributed by atoms with Gasteiger partial charge in [0.25, 0.3) is 5.91 Å². The maximum atomic E-state index is 13.0. The number of hydrogen-bond donors (Lipinski definition) is 1. The summed E-state index contributed by atoms with van der Waals surface area (Å²) in [7, 11) is 1.56. The summed E-state index contributed by atoms with van der Waals surface area (Å²) in [5.74, 6) is 0.0174. The highest BCUT2D eigenvalue weighted by atomic mass is 19.4. The van der Waals surface area contributed by atoms with Crippen LogP contribution in [-0.4, -0.2) is 32.8 Å². The molecule has 0 aliphatic carbocycles. The minimum atomic E-state index is -4.46. The first-order valence-electron chi connectivity index (χ1n) is 9.12. The van der Waals surface area contributed by atoms with Gasteiger partial charge < -0.3 is 15.4 Å². The summed E-state index contributed by atoms with van der Waals surface area (Å²) in [6, 6.07) is 3.36. The third-order valence-electron chi connectivity index (χ3n) is 5.27. The van der Waals surface area contributed by atoms with Crippen LogP contribution in [0.25, 0.3) is 11.0 Å². The minimum Gasteiger partial charge on any atom is -0.383 e. The van der Waals surface area contributed by atoms with Crippen LogP contribution in [0.2, 0.25) is 0 Å². The zero-order chi connectivity index (χ0) is 21.6. The Morgan fingerprint density at radius 1 is 1.20 bits per heavy atom. The van der Waals surface area contributed by atoms with Crippen LogP contribution in [0.15, 0.2) is 30.6 Å². The summed E-state index contributed by atoms with van der Waals surface area (Å²) in [5.41, 5.74) is 7.85. The predicted octanol–water partition coefficient (Wildman–Crippen LogP) is 3.49. The van der Waals surface area contributed by atoms with Gasteiger partial charge in [-0.15, -0.1) is 0 Å². The number of pyridine rings is 3. The number of aromatic nitrogens is 3. The van der Waals surface area contributed by atoms with Crippen LogP contribution < -0.4 is 5.73 Å². The molecule has 1 aliphatic rings. The van der Waals surface area contributed by atoms with Crippen molar-refractivity contribution in [1.82, 2.24) is 19.9 Å². The highest BCUT2D eigenvalue weighted by Gasteiger charge is 2.31. The summed E-state index contributed by atoms with van der Waals surface area (Å²) in [6.07, 6.45) is -2.29. The molecule has 0 bridgehead atoms. The van der Waals surface area contributed by atoms with E-state index in [1.807, 2.05) is 0 Å². The SMILES string of the molecule is C[C@@H](c1ccc(C(F)(F)F)cn1)N(C)C(=O)c1cnc2nc(N)c3c(c2c1)COC3. The fraction of sp³-hybridized carbons (Fsp3) is 0.300. The zero-order valence-corrected chi connectivity index (χ0v) is 16.2. The Labute approximate surface area is 169 Å². The number of hydrogen-bond acceptors (Lipinski definition) is 6. The second kappa shape index (κ2) is 7.21. The van der Waals surface area contributed by atoms with E-state index < -0.39 is 17.8 Å². The summed E-state index contributed by atoms with van der Waals surface area (Å²) in [4.78, 5) is 26.8. The molecular weight excluding hydrogens is 399 g/mol. The molecule has 156 valence electrons. The van der Waals surface area contributed by atoms with Crippen LogP contribution in [0.5, 0.6) is 0 Å². The Morgan fingerprint density at radius 3 is 2.60 bits per heavy atom. The number of carbonyl (C=O) groups excluding carboxylic acids is 1. The lowest BCUT2D eigenvalue weighted by Crippen LogP contribution is -2.30. The molecule has 3 aromatic rings. The molecule has 0 unspecified atom stereocenters. The van der Waals surface area contributed by atoms with E-state index in [0.717, 1.165) is 23.4 Å². The van der Waals surface area contributed by atoms with Gasteiger partial charge in [-0.3, -0.25) is 9.78 Å². The molecule has 1 atom stereocenters. The number of alkyl halides is 3. The largest absolute Gasteiger partial charge is 0.417 e. The molecule has 4 heterocycles. The summed E-state index contributed by atoms with van der Waals surface area (Å²) < 4.78 is 43.7. The highest BCUT2D eigenvalue weighted by Crippen LogP contribution is 2.32. The van der Waals surface area contributed by atoms with E-state index in [1.54, 1.807) is 20.0 Å². The van der Waals surface area contributed by atoms with Gasteiger partial charge in [0, 0.05) is 30.4 Å². The molecule has 4 rings (SSSR count). The second-order valence-electron chi connectivity index (χ2n) is 7.10. The van der Waals surface area contributed by atoms with Crippen LogP contribution in [0.1, 0.15) is 45.7 Å². The monoisotopic (exact) mass is 417 g/mol. The fourth-order valence-corrected chi connectivity index (χ4v) is 3.36. The number of rotatable bonds is 3. The molecule has 7 nitrogen and oxygen atoms in total. The highest BCUT2D eigenvalue weighted by molar-refractivity contribution is 5.98. The Morgan fingerprint density at radius 2 is 1.93 bits per heavy atom. The Kier molecular flexibility index (Phi) is 4.81. The fourth-order valence-electron chi connectivity index (χ4n) is 3.36. The number of amides is 1. The maximum Gasteiger partial charge on any atom is 0.417 e. The molecule has 10 heteroatoms. The molecule has 0 fully saturated rings. The van der Waals surface area contributed by atoms with Gasteiger partial charge in [-0.25, -0.2) is 9.97 Å². The van der Waals surface area contributed by atoms with Crippen LogP contribution >= 0.6 is 0 Å². The molecule has 0 spiro atoms. The van der Waals surface area contributed by atoms with Crippen LogP contribution in [-0.2, 0) is 24.1 Å². The molecule has 1 amide bonds. The molecule has 0 radical (unpaired) electrons. The van der Waals surface area contributed by atoms with Crippen molar-refractivity contribution >= 4 is 22.8 Å². The number of anilines is 1. The molecular formula is C20H18F3N5O2.